The monoisotopic (exact) mass is 457 g/mol. The maximum atomic E-state index is 10.7. The van der Waals surface area contributed by atoms with Crippen LogP contribution >= 0.6 is 0 Å². The first-order valence-corrected chi connectivity index (χ1v) is 11.9. The van der Waals surface area contributed by atoms with E-state index in [0.29, 0.717) is 72.5 Å². The first-order chi connectivity index (χ1) is 15.6. The molecule has 1 unspecified atom stereocenters. The highest BCUT2D eigenvalue weighted by Gasteiger charge is 2.03. The molecule has 1 rings (SSSR count). The molecule has 32 heavy (non-hydrogen) atoms. The molecule has 0 saturated heterocycles. The summed E-state index contributed by atoms with van der Waals surface area (Å²) in [6.45, 7) is 12.0. The second-order valence-corrected chi connectivity index (χ2v) is 7.94. The van der Waals surface area contributed by atoms with Crippen LogP contribution in [0.2, 0.25) is 0 Å². The molecule has 9 nitrogen and oxygen atoms in total. The fraction of sp³-hybridized carbons (Fsp3) is 0.870. The molecule has 0 spiro atoms. The Morgan fingerprint density at radius 1 is 0.906 bits per heavy atom. The van der Waals surface area contributed by atoms with Crippen LogP contribution in [0.4, 0.5) is 0 Å². The molecule has 0 radical (unpaired) electrons. The van der Waals surface area contributed by atoms with Gasteiger partial charge in [-0.15, -0.1) is 5.10 Å². The van der Waals surface area contributed by atoms with Crippen molar-refractivity contribution in [3.63, 3.8) is 0 Å². The fourth-order valence-corrected chi connectivity index (χ4v) is 2.76. The zero-order chi connectivity index (χ0) is 23.3. The van der Waals surface area contributed by atoms with Gasteiger partial charge in [0, 0.05) is 13.0 Å². The number of ether oxygens (including phenoxy) is 5. The molecule has 1 atom stereocenters. The van der Waals surface area contributed by atoms with E-state index >= 15 is 0 Å². The molecule has 1 aromatic rings. The van der Waals surface area contributed by atoms with Gasteiger partial charge in [-0.3, -0.25) is 9.48 Å². The van der Waals surface area contributed by atoms with Crippen molar-refractivity contribution < 1.29 is 28.5 Å². The van der Waals surface area contributed by atoms with Crippen LogP contribution in [0.1, 0.15) is 58.6 Å². The van der Waals surface area contributed by atoms with Crippen LogP contribution in [0, 0.1) is 5.92 Å². The number of carbonyl (C=O) groups is 1. The van der Waals surface area contributed by atoms with Crippen LogP contribution in [-0.4, -0.2) is 80.2 Å². The molecule has 0 fully saturated rings. The van der Waals surface area contributed by atoms with Crippen molar-refractivity contribution in [3.8, 4) is 0 Å². The number of aryl methyl sites for hydroxylation is 1. The molecule has 0 saturated carbocycles. The van der Waals surface area contributed by atoms with Gasteiger partial charge in [0.05, 0.1) is 72.3 Å². The van der Waals surface area contributed by atoms with Crippen molar-refractivity contribution >= 4 is 5.78 Å². The van der Waals surface area contributed by atoms with Gasteiger partial charge in [-0.2, -0.15) is 0 Å². The minimum atomic E-state index is 0.135. The van der Waals surface area contributed by atoms with Gasteiger partial charge in [-0.1, -0.05) is 38.3 Å². The predicted molar refractivity (Wildman–Crippen MR) is 122 cm³/mol. The molecule has 1 aromatic heterocycles. The van der Waals surface area contributed by atoms with Crippen LogP contribution in [0.5, 0.6) is 0 Å². The summed E-state index contributed by atoms with van der Waals surface area (Å²) in [6, 6.07) is 0. The number of aromatic nitrogens is 3. The quantitative estimate of drug-likeness (QED) is 0.232. The Bertz CT molecular complexity index is 570. The first kappa shape index (κ1) is 28.6. The number of carbonyl (C=O) groups excluding carboxylic acids is 1. The Morgan fingerprint density at radius 3 is 2.03 bits per heavy atom. The topological polar surface area (TPSA) is 93.9 Å². The third-order valence-corrected chi connectivity index (χ3v) is 4.95. The SMILES string of the molecule is CCC(C)CCCCn1cc(COCCOCCOCCOCCOCCC(C)=O)nn1. The number of ketones is 1. The van der Waals surface area contributed by atoms with E-state index in [1.807, 2.05) is 10.9 Å². The molecule has 0 bridgehead atoms. The largest absolute Gasteiger partial charge is 0.379 e. The van der Waals surface area contributed by atoms with E-state index in [1.165, 1.54) is 19.3 Å². The number of nitrogens with zero attached hydrogens (tertiary/aromatic N) is 3. The molecule has 0 N–H and O–H groups in total. The normalized spacial score (nSPS) is 12.3. The van der Waals surface area contributed by atoms with Gasteiger partial charge in [-0.05, 0) is 19.3 Å². The van der Waals surface area contributed by atoms with Crippen molar-refractivity contribution in [2.24, 2.45) is 5.92 Å². The maximum Gasteiger partial charge on any atom is 0.132 e. The van der Waals surface area contributed by atoms with Crippen molar-refractivity contribution in [2.45, 2.75) is 66.0 Å². The van der Waals surface area contributed by atoms with E-state index in [9.17, 15) is 4.79 Å². The lowest BCUT2D eigenvalue weighted by atomic mass is 10.0. The molecular weight excluding hydrogens is 414 g/mol. The highest BCUT2D eigenvalue weighted by atomic mass is 16.6. The average Bonchev–Trinajstić information content (AvgIpc) is 3.23. The summed E-state index contributed by atoms with van der Waals surface area (Å²) in [7, 11) is 0. The molecule has 0 aliphatic carbocycles. The molecule has 186 valence electrons. The van der Waals surface area contributed by atoms with Crippen LogP contribution in [0.25, 0.3) is 0 Å². The number of unbranched alkanes of at least 4 members (excludes halogenated alkanes) is 1. The molecule has 0 aromatic carbocycles. The van der Waals surface area contributed by atoms with E-state index in [2.05, 4.69) is 24.2 Å². The van der Waals surface area contributed by atoms with Crippen LogP contribution < -0.4 is 0 Å². The second-order valence-electron chi connectivity index (χ2n) is 7.94. The van der Waals surface area contributed by atoms with E-state index in [4.69, 9.17) is 23.7 Å². The second kappa shape index (κ2) is 20.2. The molecule has 0 amide bonds. The van der Waals surface area contributed by atoms with Gasteiger partial charge < -0.3 is 23.7 Å². The summed E-state index contributed by atoms with van der Waals surface area (Å²) >= 11 is 0. The van der Waals surface area contributed by atoms with E-state index in [1.54, 1.807) is 6.92 Å². The Kier molecular flexibility index (Phi) is 18.1. The molecule has 0 aliphatic heterocycles. The number of Topliss-reactive ketones (excluding diaryl/α,β-unsaturated/α-hetero) is 1. The summed E-state index contributed by atoms with van der Waals surface area (Å²) in [4.78, 5) is 10.7. The zero-order valence-electron chi connectivity index (χ0n) is 20.3. The Hall–Kier alpha value is -1.39. The summed E-state index contributed by atoms with van der Waals surface area (Å²) in [5.41, 5.74) is 0.847. The van der Waals surface area contributed by atoms with Crippen LogP contribution in [0.15, 0.2) is 6.20 Å². The highest BCUT2D eigenvalue weighted by Crippen LogP contribution is 2.11. The number of hydrogen-bond donors (Lipinski definition) is 0. The average molecular weight is 458 g/mol. The Balaban J connectivity index is 1.82. The van der Waals surface area contributed by atoms with Gasteiger partial charge in [0.15, 0.2) is 0 Å². The zero-order valence-corrected chi connectivity index (χ0v) is 20.3. The minimum Gasteiger partial charge on any atom is -0.379 e. The molecular formula is C23H43N3O6. The lowest BCUT2D eigenvalue weighted by Gasteiger charge is -2.07. The third kappa shape index (κ3) is 17.2. The smallest absolute Gasteiger partial charge is 0.132 e. The van der Waals surface area contributed by atoms with E-state index < -0.39 is 0 Å². The summed E-state index contributed by atoms with van der Waals surface area (Å²) in [5.74, 6) is 0.939. The standard InChI is InChI=1S/C23H43N3O6/c1-4-21(2)7-5-6-9-26-19-23(24-25-26)20-32-18-17-31-16-15-30-14-13-29-12-11-28-10-8-22(3)27/h19,21H,4-18,20H2,1-3H3. The van der Waals surface area contributed by atoms with Crippen molar-refractivity contribution in [1.82, 2.24) is 15.0 Å². The van der Waals surface area contributed by atoms with Gasteiger partial charge in [-0.25, -0.2) is 0 Å². The minimum absolute atomic E-state index is 0.135. The first-order valence-electron chi connectivity index (χ1n) is 11.9. The van der Waals surface area contributed by atoms with Crippen molar-refractivity contribution in [1.29, 1.82) is 0 Å². The summed E-state index contributed by atoms with van der Waals surface area (Å²) < 4.78 is 29.0. The van der Waals surface area contributed by atoms with Crippen molar-refractivity contribution in [2.75, 3.05) is 59.5 Å². The van der Waals surface area contributed by atoms with E-state index in [0.717, 1.165) is 24.6 Å². The highest BCUT2D eigenvalue weighted by molar-refractivity contribution is 5.75. The molecule has 0 aliphatic rings. The number of rotatable bonds is 23. The van der Waals surface area contributed by atoms with Gasteiger partial charge in [0.1, 0.15) is 11.5 Å². The Morgan fingerprint density at radius 2 is 1.47 bits per heavy atom. The maximum absolute atomic E-state index is 10.7. The van der Waals surface area contributed by atoms with Gasteiger partial charge in [0.25, 0.3) is 0 Å². The predicted octanol–water partition coefficient (Wildman–Crippen LogP) is 3.06. The molecule has 1 heterocycles. The Labute approximate surface area is 193 Å². The summed E-state index contributed by atoms with van der Waals surface area (Å²) in [6.07, 6.45) is 7.30. The van der Waals surface area contributed by atoms with Gasteiger partial charge >= 0.3 is 0 Å². The lowest BCUT2D eigenvalue weighted by Crippen LogP contribution is -2.13. The van der Waals surface area contributed by atoms with Crippen LogP contribution in [-0.2, 0) is 41.6 Å². The van der Waals surface area contributed by atoms with Gasteiger partial charge in [0.2, 0.25) is 0 Å². The lowest BCUT2D eigenvalue weighted by molar-refractivity contribution is -0.118. The number of hydrogen-bond acceptors (Lipinski definition) is 8. The third-order valence-electron chi connectivity index (χ3n) is 4.95. The van der Waals surface area contributed by atoms with E-state index in [-0.39, 0.29) is 5.78 Å². The fourth-order valence-electron chi connectivity index (χ4n) is 2.76. The van der Waals surface area contributed by atoms with Crippen LogP contribution in [0.3, 0.4) is 0 Å². The van der Waals surface area contributed by atoms with Crippen molar-refractivity contribution in [3.05, 3.63) is 11.9 Å². The molecule has 9 heteroatoms. The summed E-state index contributed by atoms with van der Waals surface area (Å²) in [5, 5.41) is 8.31.